The topological polar surface area (TPSA) is 91.6 Å². The van der Waals surface area contributed by atoms with Gasteiger partial charge in [0.2, 0.25) is 0 Å². The zero-order valence-corrected chi connectivity index (χ0v) is 13.9. The molecule has 3 N–H and O–H groups in total. The highest BCUT2D eigenvalue weighted by Crippen LogP contribution is 2.14. The summed E-state index contributed by atoms with van der Waals surface area (Å²) in [4.78, 5) is 31.7. The Hall–Kier alpha value is -2.93. The van der Waals surface area contributed by atoms with E-state index in [1.807, 2.05) is 17.2 Å². The Morgan fingerprint density at radius 1 is 1.08 bits per heavy atom. The van der Waals surface area contributed by atoms with Crippen LogP contribution in [0.2, 0.25) is 0 Å². The predicted octanol–water partition coefficient (Wildman–Crippen LogP) is 1.53. The van der Waals surface area contributed by atoms with Crippen LogP contribution in [0.1, 0.15) is 15.9 Å². The molecule has 2 aromatic rings. The van der Waals surface area contributed by atoms with Crippen LogP contribution in [0, 0.1) is 0 Å². The van der Waals surface area contributed by atoms with Gasteiger partial charge >= 0.3 is 6.03 Å². The molecular formula is C18H21N5O2. The lowest BCUT2D eigenvalue weighted by Crippen LogP contribution is -2.48. The Morgan fingerprint density at radius 2 is 1.80 bits per heavy atom. The van der Waals surface area contributed by atoms with Gasteiger partial charge in [-0.1, -0.05) is 6.07 Å². The molecule has 1 aromatic carbocycles. The number of carbonyl (C=O) groups excluding carboxylic acids is 2. The smallest absolute Gasteiger partial charge is 0.316 e. The molecule has 1 aliphatic heterocycles. The fraction of sp³-hybridized carbons (Fsp3) is 0.278. The van der Waals surface area contributed by atoms with Crippen LogP contribution in [0.3, 0.4) is 0 Å². The molecule has 7 nitrogen and oxygen atoms in total. The van der Waals surface area contributed by atoms with Crippen LogP contribution in [0.4, 0.5) is 10.5 Å². The average molecular weight is 339 g/mol. The molecule has 0 unspecified atom stereocenters. The van der Waals surface area contributed by atoms with Crippen molar-refractivity contribution in [2.45, 2.75) is 6.54 Å². The Balaban J connectivity index is 1.53. The van der Waals surface area contributed by atoms with Crippen molar-refractivity contribution in [3.8, 4) is 0 Å². The van der Waals surface area contributed by atoms with Crippen molar-refractivity contribution in [3.05, 3.63) is 59.9 Å². The van der Waals surface area contributed by atoms with E-state index in [0.717, 1.165) is 19.6 Å². The number of anilines is 1. The van der Waals surface area contributed by atoms with E-state index in [4.69, 9.17) is 5.73 Å². The number of hydrogen-bond acceptors (Lipinski definition) is 4. The Morgan fingerprint density at radius 3 is 2.40 bits per heavy atom. The van der Waals surface area contributed by atoms with Gasteiger partial charge in [0.25, 0.3) is 5.91 Å². The summed E-state index contributed by atoms with van der Waals surface area (Å²) in [6.07, 6.45) is 3.64. The first-order chi connectivity index (χ1) is 12.1. The first-order valence-corrected chi connectivity index (χ1v) is 8.19. The maximum absolute atomic E-state index is 12.6. The minimum atomic E-state index is -0.621. The summed E-state index contributed by atoms with van der Waals surface area (Å²) >= 11 is 0. The van der Waals surface area contributed by atoms with Crippen LogP contribution in [-0.4, -0.2) is 52.9 Å². The monoisotopic (exact) mass is 339 g/mol. The molecule has 3 amide bonds. The fourth-order valence-corrected chi connectivity index (χ4v) is 2.88. The molecule has 0 saturated carbocycles. The Bertz CT molecular complexity index is 725. The largest absolute Gasteiger partial charge is 0.351 e. The van der Waals surface area contributed by atoms with Gasteiger partial charge in [0.1, 0.15) is 0 Å². The number of urea groups is 1. The number of nitrogens with zero attached hydrogens (tertiary/aromatic N) is 3. The lowest BCUT2D eigenvalue weighted by molar-refractivity contribution is 0.0628. The summed E-state index contributed by atoms with van der Waals surface area (Å²) in [6.45, 7) is 3.91. The summed E-state index contributed by atoms with van der Waals surface area (Å²) in [5, 5.41) is 2.48. The van der Waals surface area contributed by atoms with Crippen molar-refractivity contribution in [1.82, 2.24) is 14.8 Å². The van der Waals surface area contributed by atoms with Gasteiger partial charge in [-0.2, -0.15) is 0 Å². The third kappa shape index (κ3) is 4.54. The highest BCUT2D eigenvalue weighted by molar-refractivity contribution is 5.95. The number of amides is 3. The SMILES string of the molecule is NC(=O)Nc1ccc(C(=O)N2CCN(Cc3cccnc3)CC2)cc1. The van der Waals surface area contributed by atoms with Crippen LogP contribution in [0.25, 0.3) is 0 Å². The molecular weight excluding hydrogens is 318 g/mol. The molecule has 1 saturated heterocycles. The summed E-state index contributed by atoms with van der Waals surface area (Å²) in [5.41, 5.74) is 7.44. The van der Waals surface area contributed by atoms with Gasteiger partial charge in [-0.25, -0.2) is 4.79 Å². The van der Waals surface area contributed by atoms with Gasteiger partial charge < -0.3 is 16.0 Å². The van der Waals surface area contributed by atoms with Gasteiger partial charge in [-0.3, -0.25) is 14.7 Å². The molecule has 2 heterocycles. The number of nitrogens with two attached hydrogens (primary N) is 1. The van der Waals surface area contributed by atoms with Crippen molar-refractivity contribution in [1.29, 1.82) is 0 Å². The third-order valence-corrected chi connectivity index (χ3v) is 4.19. The normalized spacial score (nSPS) is 15.0. The molecule has 1 aromatic heterocycles. The number of aromatic nitrogens is 1. The van der Waals surface area contributed by atoms with E-state index in [9.17, 15) is 9.59 Å². The molecule has 3 rings (SSSR count). The molecule has 0 bridgehead atoms. The standard InChI is InChI=1S/C18H21N5O2/c19-18(25)21-16-5-3-15(4-6-16)17(24)23-10-8-22(9-11-23)13-14-2-1-7-20-12-14/h1-7,12H,8-11,13H2,(H3,19,21,25). The van der Waals surface area contributed by atoms with Crippen LogP contribution < -0.4 is 11.1 Å². The number of primary amides is 1. The summed E-state index contributed by atoms with van der Waals surface area (Å²) < 4.78 is 0. The van der Waals surface area contributed by atoms with E-state index in [1.54, 1.807) is 30.5 Å². The van der Waals surface area contributed by atoms with Crippen molar-refractivity contribution in [3.63, 3.8) is 0 Å². The van der Waals surface area contributed by atoms with Gasteiger partial charge in [0.15, 0.2) is 0 Å². The maximum atomic E-state index is 12.6. The highest BCUT2D eigenvalue weighted by atomic mass is 16.2. The van der Waals surface area contributed by atoms with Crippen molar-refractivity contribution >= 4 is 17.6 Å². The number of benzene rings is 1. The number of carbonyl (C=O) groups is 2. The van der Waals surface area contributed by atoms with E-state index in [0.29, 0.717) is 24.3 Å². The van der Waals surface area contributed by atoms with E-state index >= 15 is 0 Å². The lowest BCUT2D eigenvalue weighted by Gasteiger charge is -2.34. The van der Waals surface area contributed by atoms with Crippen molar-refractivity contribution in [2.24, 2.45) is 5.73 Å². The third-order valence-electron chi connectivity index (χ3n) is 4.19. The minimum Gasteiger partial charge on any atom is -0.351 e. The number of nitrogens with one attached hydrogen (secondary N) is 1. The molecule has 25 heavy (non-hydrogen) atoms. The quantitative estimate of drug-likeness (QED) is 0.884. The molecule has 130 valence electrons. The molecule has 0 radical (unpaired) electrons. The number of hydrogen-bond donors (Lipinski definition) is 2. The number of pyridine rings is 1. The van der Waals surface area contributed by atoms with Crippen LogP contribution in [-0.2, 0) is 6.54 Å². The van der Waals surface area contributed by atoms with E-state index in [-0.39, 0.29) is 5.91 Å². The Labute approximate surface area is 146 Å². The molecule has 0 atom stereocenters. The van der Waals surface area contributed by atoms with Crippen LogP contribution >= 0.6 is 0 Å². The zero-order chi connectivity index (χ0) is 17.6. The summed E-state index contributed by atoms with van der Waals surface area (Å²) in [6, 6.07) is 10.1. The van der Waals surface area contributed by atoms with E-state index in [1.165, 1.54) is 5.56 Å². The van der Waals surface area contributed by atoms with Crippen molar-refractivity contribution < 1.29 is 9.59 Å². The first-order valence-electron chi connectivity index (χ1n) is 8.19. The van der Waals surface area contributed by atoms with Gasteiger partial charge in [0.05, 0.1) is 0 Å². The Kier molecular flexibility index (Phi) is 5.25. The van der Waals surface area contributed by atoms with Crippen molar-refractivity contribution in [2.75, 3.05) is 31.5 Å². The van der Waals surface area contributed by atoms with Gasteiger partial charge in [0, 0.05) is 56.4 Å². The summed E-state index contributed by atoms with van der Waals surface area (Å²) in [5.74, 6) is 0.00616. The lowest BCUT2D eigenvalue weighted by atomic mass is 10.1. The average Bonchev–Trinajstić information content (AvgIpc) is 2.63. The number of rotatable bonds is 4. The van der Waals surface area contributed by atoms with E-state index in [2.05, 4.69) is 21.3 Å². The molecule has 0 aliphatic carbocycles. The summed E-state index contributed by atoms with van der Waals surface area (Å²) in [7, 11) is 0. The van der Waals surface area contributed by atoms with E-state index < -0.39 is 6.03 Å². The highest BCUT2D eigenvalue weighted by Gasteiger charge is 2.22. The predicted molar refractivity (Wildman–Crippen MR) is 95.1 cm³/mol. The first kappa shape index (κ1) is 16.9. The molecule has 1 fully saturated rings. The van der Waals surface area contributed by atoms with Crippen LogP contribution in [0.5, 0.6) is 0 Å². The minimum absolute atomic E-state index is 0.00616. The van der Waals surface area contributed by atoms with Gasteiger partial charge in [-0.15, -0.1) is 0 Å². The second-order valence-corrected chi connectivity index (χ2v) is 6.00. The molecule has 7 heteroatoms. The zero-order valence-electron chi connectivity index (χ0n) is 13.9. The van der Waals surface area contributed by atoms with Crippen LogP contribution in [0.15, 0.2) is 48.8 Å². The maximum Gasteiger partial charge on any atom is 0.316 e. The molecule has 0 spiro atoms. The second kappa shape index (κ2) is 7.76. The number of piperazine rings is 1. The second-order valence-electron chi connectivity index (χ2n) is 6.00. The molecule has 1 aliphatic rings. The van der Waals surface area contributed by atoms with Gasteiger partial charge in [-0.05, 0) is 35.9 Å². The fourth-order valence-electron chi connectivity index (χ4n) is 2.88.